The minimum Gasteiger partial charge on any atom is -0.491 e. The quantitative estimate of drug-likeness (QED) is 0.407. The normalized spacial score (nSPS) is 19.5. The molecule has 1 saturated carbocycles. The first kappa shape index (κ1) is 22.4. The number of benzene rings is 2. The van der Waals surface area contributed by atoms with Gasteiger partial charge in [-0.15, -0.1) is 0 Å². The Bertz CT molecular complexity index is 828. The summed E-state index contributed by atoms with van der Waals surface area (Å²) in [5.74, 6) is -2.43. The fourth-order valence-electron chi connectivity index (χ4n) is 4.23. The Hall–Kier alpha value is -2.24. The van der Waals surface area contributed by atoms with E-state index in [1.54, 1.807) is 19.1 Å². The number of rotatable bonds is 8. The predicted molar refractivity (Wildman–Crippen MR) is 108 cm³/mol. The zero-order valence-electron chi connectivity index (χ0n) is 17.4. The van der Waals surface area contributed by atoms with E-state index < -0.39 is 29.1 Å². The molecule has 1 aliphatic carbocycles. The minimum absolute atomic E-state index is 0.0925. The molecule has 0 aromatic heterocycles. The minimum atomic E-state index is -4.02. The van der Waals surface area contributed by atoms with E-state index in [2.05, 4.69) is 6.92 Å². The molecule has 164 valence electrons. The largest absolute Gasteiger partial charge is 0.491 e. The number of hydrogen-bond acceptors (Lipinski definition) is 2. The van der Waals surface area contributed by atoms with Gasteiger partial charge in [0.25, 0.3) is 0 Å². The lowest BCUT2D eigenvalue weighted by atomic mass is 9.77. The fourth-order valence-corrected chi connectivity index (χ4v) is 4.23. The SMILES string of the molecule is CCCC1CCC(c2ccc(OC(F)(F)c3ccc(OCC)c(F)c3F)cc2)CC1. The summed E-state index contributed by atoms with van der Waals surface area (Å²) in [6.45, 7) is 3.88. The van der Waals surface area contributed by atoms with Crippen molar-refractivity contribution in [2.45, 2.75) is 64.4 Å². The second kappa shape index (κ2) is 9.71. The first-order chi connectivity index (χ1) is 14.4. The summed E-state index contributed by atoms with van der Waals surface area (Å²) in [6, 6.07) is 8.25. The van der Waals surface area contributed by atoms with E-state index in [0.717, 1.165) is 36.5 Å². The molecule has 6 heteroatoms. The summed E-state index contributed by atoms with van der Waals surface area (Å²) in [5.41, 5.74) is -0.0688. The van der Waals surface area contributed by atoms with Gasteiger partial charge in [0, 0.05) is 0 Å². The Morgan fingerprint density at radius 2 is 1.57 bits per heavy atom. The molecular formula is C24H28F4O2. The molecule has 0 amide bonds. The van der Waals surface area contributed by atoms with Crippen LogP contribution in [0.4, 0.5) is 17.6 Å². The first-order valence-corrected chi connectivity index (χ1v) is 10.6. The van der Waals surface area contributed by atoms with E-state index in [1.165, 1.54) is 37.8 Å². The van der Waals surface area contributed by atoms with Crippen LogP contribution in [0.3, 0.4) is 0 Å². The molecule has 0 spiro atoms. The van der Waals surface area contributed by atoms with Crippen molar-refractivity contribution in [3.63, 3.8) is 0 Å². The van der Waals surface area contributed by atoms with Gasteiger partial charge in [-0.25, -0.2) is 4.39 Å². The molecule has 0 heterocycles. The summed E-state index contributed by atoms with van der Waals surface area (Å²) in [7, 11) is 0. The van der Waals surface area contributed by atoms with Crippen LogP contribution in [0.1, 0.15) is 69.4 Å². The molecule has 1 fully saturated rings. The maximum atomic E-state index is 14.5. The fraction of sp³-hybridized carbons (Fsp3) is 0.500. The summed E-state index contributed by atoms with van der Waals surface area (Å²) in [6.07, 6.45) is 3.02. The summed E-state index contributed by atoms with van der Waals surface area (Å²) >= 11 is 0. The van der Waals surface area contributed by atoms with Crippen molar-refractivity contribution in [2.75, 3.05) is 6.61 Å². The zero-order valence-corrected chi connectivity index (χ0v) is 17.4. The van der Waals surface area contributed by atoms with Gasteiger partial charge in [0.15, 0.2) is 11.6 Å². The van der Waals surface area contributed by atoms with E-state index in [4.69, 9.17) is 9.47 Å². The monoisotopic (exact) mass is 424 g/mol. The molecule has 0 bridgehead atoms. The molecule has 30 heavy (non-hydrogen) atoms. The van der Waals surface area contributed by atoms with Crippen molar-refractivity contribution < 1.29 is 27.0 Å². The van der Waals surface area contributed by atoms with Gasteiger partial charge in [-0.2, -0.15) is 13.2 Å². The van der Waals surface area contributed by atoms with E-state index in [1.807, 2.05) is 0 Å². The van der Waals surface area contributed by atoms with Crippen molar-refractivity contribution in [3.8, 4) is 11.5 Å². The average Bonchev–Trinajstić information content (AvgIpc) is 2.73. The Labute approximate surface area is 175 Å². The lowest BCUT2D eigenvalue weighted by Crippen LogP contribution is -2.24. The highest BCUT2D eigenvalue weighted by Crippen LogP contribution is 2.39. The highest BCUT2D eigenvalue weighted by molar-refractivity contribution is 5.34. The van der Waals surface area contributed by atoms with Crippen LogP contribution in [0, 0.1) is 17.6 Å². The third kappa shape index (κ3) is 5.08. The molecule has 3 rings (SSSR count). The second-order valence-corrected chi connectivity index (χ2v) is 7.87. The lowest BCUT2D eigenvalue weighted by molar-refractivity contribution is -0.187. The maximum absolute atomic E-state index is 14.5. The first-order valence-electron chi connectivity index (χ1n) is 10.6. The molecule has 2 aromatic rings. The Morgan fingerprint density at radius 1 is 0.900 bits per heavy atom. The van der Waals surface area contributed by atoms with Gasteiger partial charge < -0.3 is 9.47 Å². The van der Waals surface area contributed by atoms with E-state index in [9.17, 15) is 17.6 Å². The van der Waals surface area contributed by atoms with Crippen molar-refractivity contribution in [1.82, 2.24) is 0 Å². The third-order valence-electron chi connectivity index (χ3n) is 5.80. The van der Waals surface area contributed by atoms with Crippen molar-refractivity contribution >= 4 is 0 Å². The Morgan fingerprint density at radius 3 is 2.17 bits per heavy atom. The van der Waals surface area contributed by atoms with E-state index in [0.29, 0.717) is 5.92 Å². The zero-order chi connectivity index (χ0) is 21.7. The Kier molecular flexibility index (Phi) is 7.27. The molecule has 0 unspecified atom stereocenters. The van der Waals surface area contributed by atoms with Crippen LogP contribution in [0.2, 0.25) is 0 Å². The van der Waals surface area contributed by atoms with Crippen molar-refractivity contribution in [3.05, 3.63) is 59.2 Å². The topological polar surface area (TPSA) is 18.5 Å². The Balaban J connectivity index is 1.68. The maximum Gasteiger partial charge on any atom is 0.429 e. The number of alkyl halides is 2. The van der Waals surface area contributed by atoms with Gasteiger partial charge in [-0.1, -0.05) is 31.9 Å². The van der Waals surface area contributed by atoms with Crippen LogP contribution in [0.5, 0.6) is 11.5 Å². The molecule has 2 nitrogen and oxygen atoms in total. The van der Waals surface area contributed by atoms with E-state index in [-0.39, 0.29) is 12.4 Å². The average molecular weight is 424 g/mol. The van der Waals surface area contributed by atoms with Crippen molar-refractivity contribution in [2.24, 2.45) is 5.92 Å². The summed E-state index contributed by atoms with van der Waals surface area (Å²) in [4.78, 5) is 0. The second-order valence-electron chi connectivity index (χ2n) is 7.87. The number of halogens is 4. The van der Waals surface area contributed by atoms with Crippen LogP contribution in [-0.4, -0.2) is 6.61 Å². The van der Waals surface area contributed by atoms with Crippen molar-refractivity contribution in [1.29, 1.82) is 0 Å². The standard InChI is InChI=1S/C24H28F4O2/c1-3-5-16-6-8-17(9-7-16)18-10-12-19(13-11-18)30-24(27,28)20-14-15-21(29-4-2)23(26)22(20)25/h10-17H,3-9H2,1-2H3. The number of ether oxygens (including phenoxy) is 2. The van der Waals surface area contributed by atoms with E-state index >= 15 is 0 Å². The van der Waals surface area contributed by atoms with Crippen LogP contribution in [0.25, 0.3) is 0 Å². The number of hydrogen-bond donors (Lipinski definition) is 0. The van der Waals surface area contributed by atoms with Gasteiger partial charge in [0.1, 0.15) is 11.3 Å². The predicted octanol–water partition coefficient (Wildman–Crippen LogP) is 7.57. The molecule has 2 aromatic carbocycles. The van der Waals surface area contributed by atoms with Gasteiger partial charge >= 0.3 is 6.11 Å². The molecule has 0 aliphatic heterocycles. The molecule has 0 N–H and O–H groups in total. The van der Waals surface area contributed by atoms with Gasteiger partial charge in [-0.05, 0) is 74.3 Å². The molecule has 1 aliphatic rings. The highest BCUT2D eigenvalue weighted by Gasteiger charge is 2.39. The molecule has 0 saturated heterocycles. The van der Waals surface area contributed by atoms with Gasteiger partial charge in [0.2, 0.25) is 5.82 Å². The summed E-state index contributed by atoms with van der Waals surface area (Å²) in [5, 5.41) is 0. The third-order valence-corrected chi connectivity index (χ3v) is 5.80. The van der Waals surface area contributed by atoms with Crippen LogP contribution in [0.15, 0.2) is 36.4 Å². The lowest BCUT2D eigenvalue weighted by Gasteiger charge is -2.28. The summed E-state index contributed by atoms with van der Waals surface area (Å²) < 4.78 is 66.8. The molecular weight excluding hydrogens is 396 g/mol. The highest BCUT2D eigenvalue weighted by atomic mass is 19.3. The van der Waals surface area contributed by atoms with Crippen LogP contribution >= 0.6 is 0 Å². The van der Waals surface area contributed by atoms with Crippen LogP contribution in [-0.2, 0) is 6.11 Å². The van der Waals surface area contributed by atoms with Gasteiger partial charge in [0.05, 0.1) is 6.61 Å². The smallest absolute Gasteiger partial charge is 0.429 e. The van der Waals surface area contributed by atoms with Crippen LogP contribution < -0.4 is 9.47 Å². The van der Waals surface area contributed by atoms with Gasteiger partial charge in [-0.3, -0.25) is 0 Å². The molecule has 0 atom stereocenters. The molecule has 0 radical (unpaired) electrons.